The van der Waals surface area contributed by atoms with Crippen LogP contribution in [-0.2, 0) is 4.79 Å². The highest BCUT2D eigenvalue weighted by Gasteiger charge is 2.03. The van der Waals surface area contributed by atoms with Crippen LogP contribution in [0.2, 0.25) is 0 Å². The smallest absolute Gasteiger partial charge is 0.328 e. The Bertz CT molecular complexity index is 661. The summed E-state index contributed by atoms with van der Waals surface area (Å²) in [6, 6.07) is 16.0. The first-order valence-corrected chi connectivity index (χ1v) is 7.18. The second-order valence-electron chi connectivity index (χ2n) is 5.26. The molecular formula is C18H20N2O2. The van der Waals surface area contributed by atoms with Crippen LogP contribution in [0.15, 0.2) is 54.6 Å². The lowest BCUT2D eigenvalue weighted by atomic mass is 10.2. The first kappa shape index (κ1) is 15.6. The van der Waals surface area contributed by atoms with E-state index in [-0.39, 0.29) is 0 Å². The van der Waals surface area contributed by atoms with Gasteiger partial charge in [0.25, 0.3) is 0 Å². The lowest BCUT2D eigenvalue weighted by molar-refractivity contribution is -0.131. The van der Waals surface area contributed by atoms with E-state index in [2.05, 4.69) is 24.5 Å². The molecule has 0 fully saturated rings. The van der Waals surface area contributed by atoms with E-state index in [0.29, 0.717) is 6.04 Å². The van der Waals surface area contributed by atoms with Crippen molar-refractivity contribution in [2.24, 2.45) is 0 Å². The van der Waals surface area contributed by atoms with Gasteiger partial charge in [-0.15, -0.1) is 0 Å². The lowest BCUT2D eigenvalue weighted by Gasteiger charge is -2.16. The molecule has 114 valence electrons. The zero-order valence-electron chi connectivity index (χ0n) is 12.7. The van der Waals surface area contributed by atoms with Crippen molar-refractivity contribution in [3.05, 3.63) is 60.2 Å². The molecular weight excluding hydrogens is 276 g/mol. The summed E-state index contributed by atoms with van der Waals surface area (Å²) in [4.78, 5) is 10.5. The number of carbonyl (C=O) groups is 1. The minimum Gasteiger partial charge on any atom is -0.478 e. The predicted molar refractivity (Wildman–Crippen MR) is 91.6 cm³/mol. The summed E-state index contributed by atoms with van der Waals surface area (Å²) >= 11 is 0. The maximum atomic E-state index is 10.5. The minimum atomic E-state index is -0.948. The fraction of sp³-hybridized carbons (Fsp3) is 0.167. The van der Waals surface area contributed by atoms with Crippen LogP contribution in [0.25, 0.3) is 6.08 Å². The molecule has 0 heterocycles. The maximum Gasteiger partial charge on any atom is 0.328 e. The molecule has 2 aromatic carbocycles. The zero-order chi connectivity index (χ0) is 15.9. The van der Waals surface area contributed by atoms with E-state index in [9.17, 15) is 4.79 Å². The van der Waals surface area contributed by atoms with E-state index in [0.717, 1.165) is 28.7 Å². The molecule has 0 atom stereocenters. The Labute approximate surface area is 130 Å². The van der Waals surface area contributed by atoms with Gasteiger partial charge in [0.2, 0.25) is 0 Å². The van der Waals surface area contributed by atoms with E-state index in [1.165, 1.54) is 0 Å². The summed E-state index contributed by atoms with van der Waals surface area (Å²) < 4.78 is 0. The first-order chi connectivity index (χ1) is 10.5. The number of carboxylic acids is 1. The van der Waals surface area contributed by atoms with E-state index in [1.54, 1.807) is 6.08 Å². The van der Waals surface area contributed by atoms with E-state index >= 15 is 0 Å². The number of aliphatic carboxylic acids is 1. The van der Waals surface area contributed by atoms with Crippen molar-refractivity contribution in [1.29, 1.82) is 0 Å². The van der Waals surface area contributed by atoms with Crippen LogP contribution in [0.4, 0.5) is 17.1 Å². The minimum absolute atomic E-state index is 0.353. The highest BCUT2D eigenvalue weighted by molar-refractivity contribution is 5.85. The van der Waals surface area contributed by atoms with Crippen LogP contribution in [-0.4, -0.2) is 17.1 Å². The van der Waals surface area contributed by atoms with Gasteiger partial charge in [0.05, 0.1) is 11.4 Å². The SMILES string of the molecule is CC(C)Nc1ccccc1Nc1ccc(/C=C/C(=O)O)cc1. The number of anilines is 3. The summed E-state index contributed by atoms with van der Waals surface area (Å²) in [5, 5.41) is 15.4. The number of para-hydroxylation sites is 2. The van der Waals surface area contributed by atoms with E-state index in [1.807, 2.05) is 48.5 Å². The molecule has 3 N–H and O–H groups in total. The zero-order valence-corrected chi connectivity index (χ0v) is 12.7. The lowest BCUT2D eigenvalue weighted by Crippen LogP contribution is -2.11. The molecule has 0 saturated heterocycles. The molecule has 0 saturated carbocycles. The third-order valence-electron chi connectivity index (χ3n) is 2.98. The second kappa shape index (κ2) is 7.31. The predicted octanol–water partition coefficient (Wildman–Crippen LogP) is 4.35. The summed E-state index contributed by atoms with van der Waals surface area (Å²) in [6.45, 7) is 4.20. The number of nitrogens with one attached hydrogen (secondary N) is 2. The number of benzene rings is 2. The molecule has 2 aromatic rings. The molecule has 22 heavy (non-hydrogen) atoms. The van der Waals surface area contributed by atoms with Crippen molar-refractivity contribution in [3.8, 4) is 0 Å². The van der Waals surface area contributed by atoms with Gasteiger partial charge in [-0.25, -0.2) is 4.79 Å². The van der Waals surface area contributed by atoms with Crippen LogP contribution in [0, 0.1) is 0 Å². The average molecular weight is 296 g/mol. The number of rotatable bonds is 6. The summed E-state index contributed by atoms with van der Waals surface area (Å²) in [5.41, 5.74) is 3.85. The van der Waals surface area contributed by atoms with Crippen molar-refractivity contribution in [2.75, 3.05) is 10.6 Å². The van der Waals surface area contributed by atoms with Crippen LogP contribution in [0.5, 0.6) is 0 Å². The average Bonchev–Trinajstić information content (AvgIpc) is 2.48. The molecule has 0 amide bonds. The molecule has 0 aliphatic rings. The Hall–Kier alpha value is -2.75. The van der Waals surface area contributed by atoms with Crippen LogP contribution >= 0.6 is 0 Å². The number of carboxylic acid groups (broad SMARTS) is 1. The normalized spacial score (nSPS) is 10.9. The quantitative estimate of drug-likeness (QED) is 0.694. The molecule has 0 aromatic heterocycles. The summed E-state index contributed by atoms with van der Waals surface area (Å²) in [6.07, 6.45) is 2.70. The molecule has 0 spiro atoms. The van der Waals surface area contributed by atoms with E-state index < -0.39 is 5.97 Å². The largest absolute Gasteiger partial charge is 0.478 e. The van der Waals surface area contributed by atoms with Crippen molar-refractivity contribution in [3.63, 3.8) is 0 Å². The highest BCUT2D eigenvalue weighted by atomic mass is 16.4. The first-order valence-electron chi connectivity index (χ1n) is 7.18. The fourth-order valence-corrected chi connectivity index (χ4v) is 2.03. The van der Waals surface area contributed by atoms with Gasteiger partial charge in [-0.05, 0) is 49.8 Å². The Morgan fingerprint density at radius 2 is 1.68 bits per heavy atom. The van der Waals surface area contributed by atoms with Crippen LogP contribution in [0.3, 0.4) is 0 Å². The van der Waals surface area contributed by atoms with Crippen molar-refractivity contribution in [2.45, 2.75) is 19.9 Å². The third kappa shape index (κ3) is 4.66. The molecule has 0 radical (unpaired) electrons. The third-order valence-corrected chi connectivity index (χ3v) is 2.98. The van der Waals surface area contributed by atoms with Gasteiger partial charge in [-0.2, -0.15) is 0 Å². The Morgan fingerprint density at radius 1 is 1.05 bits per heavy atom. The van der Waals surface area contributed by atoms with Gasteiger partial charge >= 0.3 is 5.97 Å². The summed E-state index contributed by atoms with van der Waals surface area (Å²) in [7, 11) is 0. The molecule has 0 aliphatic carbocycles. The Morgan fingerprint density at radius 3 is 2.27 bits per heavy atom. The molecule has 0 bridgehead atoms. The Kier molecular flexibility index (Phi) is 5.20. The molecule has 4 heteroatoms. The molecule has 0 unspecified atom stereocenters. The standard InChI is InChI=1S/C18H20N2O2/c1-13(2)19-16-5-3-4-6-17(16)20-15-10-7-14(8-11-15)9-12-18(21)22/h3-13,19-20H,1-2H3,(H,21,22)/b12-9+. The number of hydrogen-bond acceptors (Lipinski definition) is 3. The number of hydrogen-bond donors (Lipinski definition) is 3. The van der Waals surface area contributed by atoms with E-state index in [4.69, 9.17) is 5.11 Å². The van der Waals surface area contributed by atoms with Gasteiger partial charge in [-0.3, -0.25) is 0 Å². The molecule has 2 rings (SSSR count). The maximum absolute atomic E-state index is 10.5. The Balaban J connectivity index is 2.13. The van der Waals surface area contributed by atoms with Gasteiger partial charge in [0, 0.05) is 17.8 Å². The van der Waals surface area contributed by atoms with Gasteiger partial charge in [0.1, 0.15) is 0 Å². The second-order valence-corrected chi connectivity index (χ2v) is 5.26. The topological polar surface area (TPSA) is 61.4 Å². The highest BCUT2D eigenvalue weighted by Crippen LogP contribution is 2.26. The van der Waals surface area contributed by atoms with Crippen LogP contribution < -0.4 is 10.6 Å². The van der Waals surface area contributed by atoms with Gasteiger partial charge < -0.3 is 15.7 Å². The molecule has 4 nitrogen and oxygen atoms in total. The van der Waals surface area contributed by atoms with Crippen molar-refractivity contribution < 1.29 is 9.90 Å². The van der Waals surface area contributed by atoms with Crippen molar-refractivity contribution in [1.82, 2.24) is 0 Å². The fourth-order valence-electron chi connectivity index (χ4n) is 2.03. The van der Waals surface area contributed by atoms with Crippen molar-refractivity contribution >= 4 is 29.1 Å². The van der Waals surface area contributed by atoms with Gasteiger partial charge in [-0.1, -0.05) is 24.3 Å². The summed E-state index contributed by atoms with van der Waals surface area (Å²) in [5.74, 6) is -0.948. The van der Waals surface area contributed by atoms with Gasteiger partial charge in [0.15, 0.2) is 0 Å². The molecule has 0 aliphatic heterocycles. The monoisotopic (exact) mass is 296 g/mol. The van der Waals surface area contributed by atoms with Crippen LogP contribution in [0.1, 0.15) is 19.4 Å².